The summed E-state index contributed by atoms with van der Waals surface area (Å²) in [5.74, 6) is 2.74. The Bertz CT molecular complexity index is 770. The van der Waals surface area contributed by atoms with Gasteiger partial charge in [0.1, 0.15) is 10.8 Å². The first-order valence-corrected chi connectivity index (χ1v) is 11.2. The number of aromatic nitrogens is 3. The molecule has 0 spiro atoms. The third-order valence-electron chi connectivity index (χ3n) is 2.96. The SMILES string of the molecule is CCOc1ccc(-c2nc(CSc3nnc(SCC)s3)cs2)cc1. The van der Waals surface area contributed by atoms with Crippen LogP contribution in [0.4, 0.5) is 0 Å². The Labute approximate surface area is 158 Å². The highest BCUT2D eigenvalue weighted by atomic mass is 32.2. The molecule has 3 aromatic rings. The van der Waals surface area contributed by atoms with Gasteiger partial charge in [0, 0.05) is 16.7 Å². The van der Waals surface area contributed by atoms with E-state index in [2.05, 4.69) is 34.6 Å². The van der Waals surface area contributed by atoms with E-state index >= 15 is 0 Å². The lowest BCUT2D eigenvalue weighted by atomic mass is 10.2. The Morgan fingerprint density at radius 1 is 1.04 bits per heavy atom. The smallest absolute Gasteiger partial charge is 0.175 e. The average Bonchev–Trinajstić information content (AvgIpc) is 3.24. The van der Waals surface area contributed by atoms with Crippen molar-refractivity contribution in [3.05, 3.63) is 35.3 Å². The number of hydrogen-bond donors (Lipinski definition) is 0. The molecule has 0 saturated carbocycles. The molecular weight excluding hydrogens is 378 g/mol. The van der Waals surface area contributed by atoms with Crippen molar-refractivity contribution < 1.29 is 4.74 Å². The molecule has 0 atom stereocenters. The molecule has 0 radical (unpaired) electrons. The summed E-state index contributed by atoms with van der Waals surface area (Å²) in [5, 5.41) is 11.5. The van der Waals surface area contributed by atoms with Crippen molar-refractivity contribution in [2.45, 2.75) is 28.3 Å². The van der Waals surface area contributed by atoms with Gasteiger partial charge in [0.2, 0.25) is 0 Å². The highest BCUT2D eigenvalue weighted by molar-refractivity contribution is 8.02. The van der Waals surface area contributed by atoms with Crippen LogP contribution < -0.4 is 4.74 Å². The van der Waals surface area contributed by atoms with E-state index in [1.807, 2.05) is 19.1 Å². The van der Waals surface area contributed by atoms with E-state index in [1.165, 1.54) is 0 Å². The van der Waals surface area contributed by atoms with Crippen LogP contribution in [0.25, 0.3) is 10.6 Å². The summed E-state index contributed by atoms with van der Waals surface area (Å²) in [6.45, 7) is 4.79. The van der Waals surface area contributed by atoms with Gasteiger partial charge in [-0.15, -0.1) is 21.5 Å². The monoisotopic (exact) mass is 395 g/mol. The van der Waals surface area contributed by atoms with Crippen molar-refractivity contribution in [2.24, 2.45) is 0 Å². The van der Waals surface area contributed by atoms with Crippen LogP contribution in [0.15, 0.2) is 38.3 Å². The van der Waals surface area contributed by atoms with E-state index in [-0.39, 0.29) is 0 Å². The minimum atomic E-state index is 0.683. The number of benzene rings is 1. The molecule has 0 aliphatic heterocycles. The molecule has 0 amide bonds. The van der Waals surface area contributed by atoms with Gasteiger partial charge in [0.25, 0.3) is 0 Å². The van der Waals surface area contributed by atoms with Gasteiger partial charge >= 0.3 is 0 Å². The second kappa shape index (κ2) is 8.84. The van der Waals surface area contributed by atoms with Crippen molar-refractivity contribution in [1.29, 1.82) is 0 Å². The summed E-state index contributed by atoms with van der Waals surface area (Å²) in [5.41, 5.74) is 2.20. The molecule has 0 fully saturated rings. The van der Waals surface area contributed by atoms with Crippen LogP contribution in [0.2, 0.25) is 0 Å². The molecule has 4 nitrogen and oxygen atoms in total. The summed E-state index contributed by atoms with van der Waals surface area (Å²) in [4.78, 5) is 4.72. The molecule has 1 aromatic carbocycles. The minimum Gasteiger partial charge on any atom is -0.494 e. The van der Waals surface area contributed by atoms with Crippen molar-refractivity contribution in [3.63, 3.8) is 0 Å². The van der Waals surface area contributed by atoms with Gasteiger partial charge in [-0.2, -0.15) is 0 Å². The molecule has 3 rings (SSSR count). The second-order valence-electron chi connectivity index (χ2n) is 4.66. The molecular formula is C16H17N3OS4. The van der Waals surface area contributed by atoms with Crippen LogP contribution in [-0.4, -0.2) is 27.5 Å². The largest absolute Gasteiger partial charge is 0.494 e. The quantitative estimate of drug-likeness (QED) is 0.472. The Kier molecular flexibility index (Phi) is 6.53. The molecule has 0 unspecified atom stereocenters. The molecule has 8 heteroatoms. The van der Waals surface area contributed by atoms with Gasteiger partial charge in [-0.05, 0) is 36.9 Å². The van der Waals surface area contributed by atoms with Crippen LogP contribution in [-0.2, 0) is 5.75 Å². The Hall–Kier alpha value is -1.09. The highest BCUT2D eigenvalue weighted by Crippen LogP contribution is 2.32. The predicted molar refractivity (Wildman–Crippen MR) is 105 cm³/mol. The molecule has 0 bridgehead atoms. The zero-order valence-corrected chi connectivity index (χ0v) is 16.7. The molecule has 0 aliphatic rings. The van der Waals surface area contributed by atoms with E-state index in [0.717, 1.165) is 42.2 Å². The van der Waals surface area contributed by atoms with Gasteiger partial charge in [-0.1, -0.05) is 41.8 Å². The average molecular weight is 396 g/mol. The molecule has 126 valence electrons. The fourth-order valence-electron chi connectivity index (χ4n) is 1.94. The van der Waals surface area contributed by atoms with Crippen molar-refractivity contribution in [3.8, 4) is 16.3 Å². The number of thioether (sulfide) groups is 2. The third-order valence-corrected chi connectivity index (χ3v) is 7.01. The van der Waals surface area contributed by atoms with E-state index in [0.29, 0.717) is 6.61 Å². The van der Waals surface area contributed by atoms with Gasteiger partial charge in [0.15, 0.2) is 8.68 Å². The van der Waals surface area contributed by atoms with Crippen LogP contribution in [0, 0.1) is 0 Å². The van der Waals surface area contributed by atoms with Crippen LogP contribution in [0.1, 0.15) is 19.5 Å². The molecule has 0 N–H and O–H groups in total. The van der Waals surface area contributed by atoms with Crippen LogP contribution in [0.3, 0.4) is 0 Å². The minimum absolute atomic E-state index is 0.683. The predicted octanol–water partition coefficient (Wildman–Crippen LogP) is 5.46. The normalized spacial score (nSPS) is 10.9. The van der Waals surface area contributed by atoms with Crippen molar-refractivity contribution in [1.82, 2.24) is 15.2 Å². The zero-order chi connectivity index (χ0) is 16.8. The first-order chi connectivity index (χ1) is 11.8. The fourth-order valence-corrected chi connectivity index (χ4v) is 5.68. The summed E-state index contributed by atoms with van der Waals surface area (Å²) in [6.07, 6.45) is 0. The summed E-state index contributed by atoms with van der Waals surface area (Å²) >= 11 is 6.74. The van der Waals surface area contributed by atoms with Gasteiger partial charge in [-0.25, -0.2) is 4.98 Å². The lowest BCUT2D eigenvalue weighted by Crippen LogP contribution is -1.90. The maximum absolute atomic E-state index is 5.48. The van der Waals surface area contributed by atoms with Crippen LogP contribution >= 0.6 is 46.2 Å². The van der Waals surface area contributed by atoms with Gasteiger partial charge in [0.05, 0.1) is 12.3 Å². The lowest BCUT2D eigenvalue weighted by Gasteiger charge is -2.02. The highest BCUT2D eigenvalue weighted by Gasteiger charge is 2.09. The van der Waals surface area contributed by atoms with E-state index in [1.54, 1.807) is 46.2 Å². The first kappa shape index (κ1) is 17.7. The Balaban J connectivity index is 1.60. The first-order valence-electron chi connectivity index (χ1n) is 7.55. The molecule has 24 heavy (non-hydrogen) atoms. The van der Waals surface area contributed by atoms with Crippen molar-refractivity contribution in [2.75, 3.05) is 12.4 Å². The van der Waals surface area contributed by atoms with Crippen LogP contribution in [0.5, 0.6) is 5.75 Å². The number of ether oxygens (including phenoxy) is 1. The number of nitrogens with zero attached hydrogens (tertiary/aromatic N) is 3. The maximum Gasteiger partial charge on any atom is 0.175 e. The van der Waals surface area contributed by atoms with E-state index in [4.69, 9.17) is 9.72 Å². The fraction of sp³-hybridized carbons (Fsp3) is 0.312. The number of hydrogen-bond acceptors (Lipinski definition) is 8. The third kappa shape index (κ3) is 4.72. The Morgan fingerprint density at radius 3 is 2.50 bits per heavy atom. The molecule has 2 aromatic heterocycles. The van der Waals surface area contributed by atoms with E-state index < -0.39 is 0 Å². The number of thiazole rings is 1. The van der Waals surface area contributed by atoms with Crippen molar-refractivity contribution >= 4 is 46.2 Å². The second-order valence-corrected chi connectivity index (χ2v) is 9.23. The number of rotatable bonds is 8. The molecule has 2 heterocycles. The summed E-state index contributed by atoms with van der Waals surface area (Å²) in [6, 6.07) is 8.09. The summed E-state index contributed by atoms with van der Waals surface area (Å²) < 4.78 is 7.51. The van der Waals surface area contributed by atoms with Gasteiger partial charge in [-0.3, -0.25) is 0 Å². The lowest BCUT2D eigenvalue weighted by molar-refractivity contribution is 0.340. The zero-order valence-electron chi connectivity index (χ0n) is 13.4. The molecule has 0 aliphatic carbocycles. The summed E-state index contributed by atoms with van der Waals surface area (Å²) in [7, 11) is 0. The topological polar surface area (TPSA) is 47.9 Å². The van der Waals surface area contributed by atoms with E-state index in [9.17, 15) is 0 Å². The maximum atomic E-state index is 5.48. The Morgan fingerprint density at radius 2 is 1.79 bits per heavy atom. The van der Waals surface area contributed by atoms with Gasteiger partial charge < -0.3 is 4.74 Å². The standard InChI is InChI=1S/C16H17N3OS4/c1-3-20-13-7-5-11(6-8-13)14-17-12(9-22-14)10-23-16-19-18-15(24-16)21-4-2/h5-9H,3-4,10H2,1-2H3. The molecule has 0 saturated heterocycles.